The van der Waals surface area contributed by atoms with Gasteiger partial charge in [0.15, 0.2) is 0 Å². The van der Waals surface area contributed by atoms with E-state index in [1.54, 1.807) is 18.5 Å². The maximum atomic E-state index is 12.0. The van der Waals surface area contributed by atoms with E-state index in [2.05, 4.69) is 0 Å². The summed E-state index contributed by atoms with van der Waals surface area (Å²) in [6.07, 6.45) is -0.252. The lowest BCUT2D eigenvalue weighted by Gasteiger charge is -2.08. The van der Waals surface area contributed by atoms with Crippen molar-refractivity contribution in [3.05, 3.63) is 24.0 Å². The first-order chi connectivity index (χ1) is 7.46. The van der Waals surface area contributed by atoms with Gasteiger partial charge in [0.25, 0.3) is 0 Å². The van der Waals surface area contributed by atoms with Gasteiger partial charge in [-0.3, -0.25) is 0 Å². The van der Waals surface area contributed by atoms with E-state index < -0.39 is 18.7 Å². The van der Waals surface area contributed by atoms with Gasteiger partial charge in [0, 0.05) is 18.9 Å². The van der Waals surface area contributed by atoms with Crippen molar-refractivity contribution >= 4 is 0 Å². The second kappa shape index (κ2) is 4.13. The number of aryl methyl sites for hydroxylation is 1. The highest BCUT2D eigenvalue weighted by Crippen LogP contribution is 2.40. The van der Waals surface area contributed by atoms with E-state index in [9.17, 15) is 18.3 Å². The Morgan fingerprint density at radius 3 is 2.69 bits per heavy atom. The molecule has 1 heterocycles. The van der Waals surface area contributed by atoms with E-state index in [1.807, 2.05) is 0 Å². The van der Waals surface area contributed by atoms with Gasteiger partial charge in [0.2, 0.25) is 0 Å². The van der Waals surface area contributed by atoms with Crippen LogP contribution >= 0.6 is 0 Å². The molecule has 0 aromatic carbocycles. The number of halogens is 3. The molecule has 90 valence electrons. The van der Waals surface area contributed by atoms with Crippen LogP contribution in [0, 0.1) is 5.92 Å². The number of hydrogen-bond donors (Lipinski definition) is 1. The molecule has 16 heavy (non-hydrogen) atoms. The predicted molar refractivity (Wildman–Crippen MR) is 52.8 cm³/mol. The number of aliphatic hydroxyl groups excluding tert-OH is 1. The summed E-state index contributed by atoms with van der Waals surface area (Å²) in [5, 5.41) is 9.77. The normalized spacial score (nSPS) is 18.8. The van der Waals surface area contributed by atoms with Crippen LogP contribution in [0.1, 0.15) is 30.9 Å². The monoisotopic (exact) mass is 233 g/mol. The van der Waals surface area contributed by atoms with Gasteiger partial charge in [-0.15, -0.1) is 0 Å². The lowest BCUT2D eigenvalue weighted by atomic mass is 10.1. The minimum atomic E-state index is -4.13. The highest BCUT2D eigenvalue weighted by molar-refractivity contribution is 5.16. The fraction of sp³-hybridized carbons (Fsp3) is 0.636. The Labute approximate surface area is 91.7 Å². The van der Waals surface area contributed by atoms with Crippen LogP contribution in [0.15, 0.2) is 18.5 Å². The predicted octanol–water partition coefficient (Wildman–Crippen LogP) is 2.88. The molecule has 5 heteroatoms. The Hall–Kier alpha value is -0.970. The number of aromatic nitrogens is 1. The summed E-state index contributed by atoms with van der Waals surface area (Å²) >= 11 is 0. The van der Waals surface area contributed by atoms with Crippen LogP contribution in [-0.4, -0.2) is 15.8 Å². The Morgan fingerprint density at radius 1 is 1.44 bits per heavy atom. The minimum absolute atomic E-state index is 0.0825. The van der Waals surface area contributed by atoms with Crippen molar-refractivity contribution < 1.29 is 18.3 Å². The fourth-order valence-corrected chi connectivity index (χ4v) is 1.71. The average molecular weight is 233 g/mol. The van der Waals surface area contributed by atoms with E-state index in [0.29, 0.717) is 5.92 Å². The summed E-state index contributed by atoms with van der Waals surface area (Å²) in [6, 6.07) is 1.69. The number of aliphatic hydroxyl groups is 1. The highest BCUT2D eigenvalue weighted by atomic mass is 19.4. The fourth-order valence-electron chi connectivity index (χ4n) is 1.71. The van der Waals surface area contributed by atoms with Gasteiger partial charge in [0.05, 0.1) is 12.5 Å². The molecule has 2 nitrogen and oxygen atoms in total. The topological polar surface area (TPSA) is 25.2 Å². The molecule has 1 aromatic rings. The quantitative estimate of drug-likeness (QED) is 0.849. The number of hydrogen-bond acceptors (Lipinski definition) is 1. The Kier molecular flexibility index (Phi) is 2.97. The zero-order chi connectivity index (χ0) is 11.8. The van der Waals surface area contributed by atoms with Crippen molar-refractivity contribution in [3.63, 3.8) is 0 Å². The summed E-state index contributed by atoms with van der Waals surface area (Å²) in [7, 11) is 0. The molecule has 1 aliphatic carbocycles. The molecule has 0 spiro atoms. The van der Waals surface area contributed by atoms with Crippen molar-refractivity contribution in [1.82, 2.24) is 4.57 Å². The molecule has 2 rings (SSSR count). The van der Waals surface area contributed by atoms with E-state index in [0.717, 1.165) is 18.4 Å². The molecule has 1 aromatic heterocycles. The maximum absolute atomic E-state index is 12.0. The van der Waals surface area contributed by atoms with Gasteiger partial charge in [-0.2, -0.15) is 13.2 Å². The molecule has 1 unspecified atom stereocenters. The summed E-state index contributed by atoms with van der Waals surface area (Å²) < 4.78 is 37.4. The van der Waals surface area contributed by atoms with Gasteiger partial charge in [-0.05, 0) is 30.4 Å². The zero-order valence-electron chi connectivity index (χ0n) is 8.74. The van der Waals surface area contributed by atoms with Gasteiger partial charge < -0.3 is 9.67 Å². The molecule has 1 saturated carbocycles. The standard InChI is InChI=1S/C11H14F3NO/c12-11(13,14)4-6-15-5-3-9(7-15)10(16)8-1-2-8/h3,5,7-8,10,16H,1-2,4,6H2. The molecular formula is C11H14F3NO. The Morgan fingerprint density at radius 2 is 2.12 bits per heavy atom. The summed E-state index contributed by atoms with van der Waals surface area (Å²) in [5.74, 6) is 0.304. The van der Waals surface area contributed by atoms with Crippen molar-refractivity contribution in [2.75, 3.05) is 0 Å². The van der Waals surface area contributed by atoms with Crippen molar-refractivity contribution in [2.45, 2.75) is 38.1 Å². The van der Waals surface area contributed by atoms with Crippen molar-refractivity contribution in [3.8, 4) is 0 Å². The van der Waals surface area contributed by atoms with E-state index >= 15 is 0 Å². The number of nitrogens with zero attached hydrogens (tertiary/aromatic N) is 1. The van der Waals surface area contributed by atoms with Gasteiger partial charge in [0.1, 0.15) is 0 Å². The Bertz CT molecular complexity index is 354. The summed E-state index contributed by atoms with van der Waals surface area (Å²) in [6.45, 7) is -0.0825. The van der Waals surface area contributed by atoms with Crippen LogP contribution in [0.25, 0.3) is 0 Å². The number of alkyl halides is 3. The molecule has 1 atom stereocenters. The van der Waals surface area contributed by atoms with Gasteiger partial charge in [-0.1, -0.05) is 0 Å². The number of rotatable bonds is 4. The second-order valence-electron chi connectivity index (χ2n) is 4.33. The first-order valence-corrected chi connectivity index (χ1v) is 5.36. The molecule has 0 bridgehead atoms. The van der Waals surface area contributed by atoms with Crippen LogP contribution in [0.4, 0.5) is 13.2 Å². The Balaban J connectivity index is 1.91. The van der Waals surface area contributed by atoms with E-state index in [4.69, 9.17) is 0 Å². The van der Waals surface area contributed by atoms with Crippen LogP contribution in [0.5, 0.6) is 0 Å². The molecule has 1 N–H and O–H groups in total. The molecule has 0 aliphatic heterocycles. The lowest BCUT2D eigenvalue weighted by Crippen LogP contribution is -2.11. The van der Waals surface area contributed by atoms with Crippen LogP contribution in [0.3, 0.4) is 0 Å². The third-order valence-corrected chi connectivity index (χ3v) is 2.84. The van der Waals surface area contributed by atoms with Crippen molar-refractivity contribution in [2.24, 2.45) is 5.92 Å². The molecular weight excluding hydrogens is 219 g/mol. The van der Waals surface area contributed by atoms with Crippen LogP contribution in [-0.2, 0) is 6.54 Å². The minimum Gasteiger partial charge on any atom is -0.388 e. The van der Waals surface area contributed by atoms with Crippen LogP contribution in [0.2, 0.25) is 0 Å². The average Bonchev–Trinajstić information content (AvgIpc) is 2.92. The molecule has 1 aliphatic rings. The van der Waals surface area contributed by atoms with E-state index in [1.165, 1.54) is 4.57 Å². The maximum Gasteiger partial charge on any atom is 0.390 e. The lowest BCUT2D eigenvalue weighted by molar-refractivity contribution is -0.136. The van der Waals surface area contributed by atoms with Crippen LogP contribution < -0.4 is 0 Å². The largest absolute Gasteiger partial charge is 0.390 e. The molecule has 0 saturated heterocycles. The second-order valence-corrected chi connectivity index (χ2v) is 4.33. The first-order valence-electron chi connectivity index (χ1n) is 5.36. The first kappa shape index (κ1) is 11.5. The van der Waals surface area contributed by atoms with Gasteiger partial charge in [-0.25, -0.2) is 0 Å². The SMILES string of the molecule is OC(c1ccn(CCC(F)(F)F)c1)C1CC1. The smallest absolute Gasteiger partial charge is 0.388 e. The summed E-state index contributed by atoms with van der Waals surface area (Å²) in [4.78, 5) is 0. The van der Waals surface area contributed by atoms with Gasteiger partial charge >= 0.3 is 6.18 Å². The van der Waals surface area contributed by atoms with Crippen molar-refractivity contribution in [1.29, 1.82) is 0 Å². The molecule has 0 radical (unpaired) electrons. The summed E-state index contributed by atoms with van der Waals surface area (Å²) in [5.41, 5.74) is 0.727. The highest BCUT2D eigenvalue weighted by Gasteiger charge is 2.31. The molecule has 1 fully saturated rings. The zero-order valence-corrected chi connectivity index (χ0v) is 8.74. The third kappa shape index (κ3) is 3.01. The third-order valence-electron chi connectivity index (χ3n) is 2.84. The van der Waals surface area contributed by atoms with E-state index in [-0.39, 0.29) is 6.54 Å². The molecule has 0 amide bonds.